The number of aliphatic hydroxyl groups excluding tert-OH is 1. The van der Waals surface area contributed by atoms with E-state index >= 15 is 0 Å². The van der Waals surface area contributed by atoms with Gasteiger partial charge in [0.25, 0.3) is 0 Å². The first-order valence-corrected chi connectivity index (χ1v) is 6.20. The van der Waals surface area contributed by atoms with Crippen LogP contribution in [0.1, 0.15) is 25.7 Å². The third kappa shape index (κ3) is 2.68. The molecule has 0 radical (unpaired) electrons. The van der Waals surface area contributed by atoms with Gasteiger partial charge in [-0.3, -0.25) is 4.90 Å². The average Bonchev–Trinajstić information content (AvgIpc) is 2.30. The molecule has 0 unspecified atom stereocenters. The summed E-state index contributed by atoms with van der Waals surface area (Å²) in [5.74, 6) is -0.0567. The van der Waals surface area contributed by atoms with Gasteiger partial charge in [0.1, 0.15) is 0 Å². The molecule has 0 aromatic carbocycles. The van der Waals surface area contributed by atoms with Gasteiger partial charge in [0, 0.05) is 32.2 Å². The van der Waals surface area contributed by atoms with E-state index in [2.05, 4.69) is 11.8 Å². The van der Waals surface area contributed by atoms with E-state index in [-0.39, 0.29) is 12.0 Å². The van der Waals surface area contributed by atoms with Crippen LogP contribution in [0.4, 0.5) is 0 Å². The first-order valence-electron chi connectivity index (χ1n) is 6.20. The fraction of sp³-hybridized carbons (Fsp3) is 0.833. The fourth-order valence-electron chi connectivity index (χ4n) is 2.76. The summed E-state index contributed by atoms with van der Waals surface area (Å²) < 4.78 is 0. The monoisotopic (exact) mass is 225 g/mol. The molecule has 1 amide bonds. The quantitative estimate of drug-likeness (QED) is 0.651. The molecule has 4 nitrogen and oxygen atoms in total. The third-order valence-corrected chi connectivity index (χ3v) is 3.85. The topological polar surface area (TPSA) is 43.8 Å². The predicted molar refractivity (Wildman–Crippen MR) is 61.8 cm³/mol. The van der Waals surface area contributed by atoms with Gasteiger partial charge in [0.05, 0.1) is 6.10 Å². The Kier molecular flexibility index (Phi) is 3.71. The van der Waals surface area contributed by atoms with Crippen molar-refractivity contribution in [2.24, 2.45) is 0 Å². The maximum Gasteiger partial charge on any atom is 0.401 e. The number of aliphatic hydroxyl groups is 1. The van der Waals surface area contributed by atoms with Crippen LogP contribution >= 0.6 is 0 Å². The maximum absolute atomic E-state index is 11.1. The second-order valence-corrected chi connectivity index (χ2v) is 4.88. The van der Waals surface area contributed by atoms with Crippen molar-refractivity contribution in [3.05, 3.63) is 6.92 Å². The summed E-state index contributed by atoms with van der Waals surface area (Å²) in [5.41, 5.74) is 0. The van der Waals surface area contributed by atoms with Crippen LogP contribution < -0.4 is 0 Å². The van der Waals surface area contributed by atoms with Crippen molar-refractivity contribution >= 4 is 5.91 Å². The van der Waals surface area contributed by atoms with E-state index in [1.54, 1.807) is 0 Å². The molecule has 1 heterocycles. The van der Waals surface area contributed by atoms with Crippen LogP contribution in [0.5, 0.6) is 0 Å². The zero-order valence-electron chi connectivity index (χ0n) is 9.77. The first-order chi connectivity index (χ1) is 7.66. The number of piperazine rings is 1. The minimum Gasteiger partial charge on any atom is -0.393 e. The Morgan fingerprint density at radius 1 is 1.06 bits per heavy atom. The first kappa shape index (κ1) is 11.7. The Balaban J connectivity index is 1.78. The molecule has 0 spiro atoms. The van der Waals surface area contributed by atoms with Gasteiger partial charge in [0.15, 0.2) is 6.92 Å². The molecular weight excluding hydrogens is 204 g/mol. The van der Waals surface area contributed by atoms with Gasteiger partial charge in [-0.25, -0.2) is 4.79 Å². The predicted octanol–water partition coefficient (Wildman–Crippen LogP) is 0.268. The summed E-state index contributed by atoms with van der Waals surface area (Å²) in [5, 5.41) is 9.46. The molecular formula is C12H21N2O2+. The van der Waals surface area contributed by atoms with Gasteiger partial charge < -0.3 is 10.0 Å². The fourth-order valence-corrected chi connectivity index (χ4v) is 2.76. The number of hydrogen-bond donors (Lipinski definition) is 1. The lowest BCUT2D eigenvalue weighted by molar-refractivity contribution is -0.128. The molecule has 0 bridgehead atoms. The molecule has 90 valence electrons. The summed E-state index contributed by atoms with van der Waals surface area (Å²) in [4.78, 5) is 15.4. The van der Waals surface area contributed by atoms with E-state index in [1.165, 1.54) is 0 Å². The number of rotatable bonds is 1. The van der Waals surface area contributed by atoms with Crippen LogP contribution in [0.15, 0.2) is 0 Å². The lowest BCUT2D eigenvalue weighted by Gasteiger charge is -2.40. The molecule has 2 rings (SSSR count). The van der Waals surface area contributed by atoms with Gasteiger partial charge in [-0.05, 0) is 25.7 Å². The molecule has 2 fully saturated rings. The SMILES string of the molecule is [CH2+]C(=O)N1CCN(C2CCC(O)CC2)CC1. The Morgan fingerprint density at radius 2 is 1.62 bits per heavy atom. The Labute approximate surface area is 97.2 Å². The summed E-state index contributed by atoms with van der Waals surface area (Å²) in [6.45, 7) is 6.98. The van der Waals surface area contributed by atoms with Gasteiger partial charge >= 0.3 is 5.91 Å². The number of carbonyl (C=O) groups is 1. The van der Waals surface area contributed by atoms with Crippen LogP contribution in [0, 0.1) is 6.92 Å². The van der Waals surface area contributed by atoms with E-state index in [1.807, 2.05) is 4.90 Å². The third-order valence-electron chi connectivity index (χ3n) is 3.85. The second kappa shape index (κ2) is 5.06. The van der Waals surface area contributed by atoms with Crippen molar-refractivity contribution in [1.82, 2.24) is 9.80 Å². The summed E-state index contributed by atoms with van der Waals surface area (Å²) in [6.07, 6.45) is 3.97. The van der Waals surface area contributed by atoms with Crippen molar-refractivity contribution in [1.29, 1.82) is 0 Å². The number of nitrogens with zero attached hydrogens (tertiary/aromatic N) is 2. The summed E-state index contributed by atoms with van der Waals surface area (Å²) >= 11 is 0. The summed E-state index contributed by atoms with van der Waals surface area (Å²) in [7, 11) is 0. The van der Waals surface area contributed by atoms with Crippen LogP contribution in [-0.4, -0.2) is 59.1 Å². The highest BCUT2D eigenvalue weighted by Crippen LogP contribution is 2.23. The van der Waals surface area contributed by atoms with Crippen LogP contribution in [0.2, 0.25) is 0 Å². The molecule has 1 saturated heterocycles. The molecule has 1 saturated carbocycles. The van der Waals surface area contributed by atoms with Gasteiger partial charge in [0.2, 0.25) is 0 Å². The highest BCUT2D eigenvalue weighted by molar-refractivity contribution is 5.80. The highest BCUT2D eigenvalue weighted by atomic mass is 16.3. The largest absolute Gasteiger partial charge is 0.401 e. The van der Waals surface area contributed by atoms with E-state index in [0.29, 0.717) is 6.04 Å². The van der Waals surface area contributed by atoms with E-state index < -0.39 is 0 Å². The lowest BCUT2D eigenvalue weighted by Crippen LogP contribution is -2.52. The van der Waals surface area contributed by atoms with Crippen LogP contribution in [0.3, 0.4) is 0 Å². The molecule has 0 atom stereocenters. The van der Waals surface area contributed by atoms with Gasteiger partial charge in [-0.15, -0.1) is 0 Å². The van der Waals surface area contributed by atoms with Gasteiger partial charge in [-0.1, -0.05) is 0 Å². The maximum atomic E-state index is 11.1. The Bertz CT molecular complexity index is 241. The Morgan fingerprint density at radius 3 is 2.12 bits per heavy atom. The molecule has 0 aromatic heterocycles. The van der Waals surface area contributed by atoms with Gasteiger partial charge in [-0.2, -0.15) is 0 Å². The summed E-state index contributed by atoms with van der Waals surface area (Å²) in [6, 6.07) is 0.616. The standard InChI is InChI=1S/C12H21N2O2/c1-10(15)13-6-8-14(9-7-13)11-2-4-12(16)5-3-11/h11-12,16H,1-9H2/q+1. The molecule has 1 aliphatic carbocycles. The number of amides is 1. The molecule has 2 aliphatic rings. The van der Waals surface area contributed by atoms with Crippen molar-refractivity contribution < 1.29 is 9.90 Å². The molecule has 1 aliphatic heterocycles. The lowest BCUT2D eigenvalue weighted by atomic mass is 9.91. The zero-order chi connectivity index (χ0) is 11.5. The van der Waals surface area contributed by atoms with Crippen molar-refractivity contribution in [2.75, 3.05) is 26.2 Å². The van der Waals surface area contributed by atoms with Crippen molar-refractivity contribution in [2.45, 2.75) is 37.8 Å². The molecule has 1 N–H and O–H groups in total. The number of carbonyl (C=O) groups excluding carboxylic acids is 1. The molecule has 4 heteroatoms. The zero-order valence-corrected chi connectivity index (χ0v) is 9.77. The average molecular weight is 225 g/mol. The second-order valence-electron chi connectivity index (χ2n) is 4.88. The minimum atomic E-state index is -0.0843. The van der Waals surface area contributed by atoms with Crippen molar-refractivity contribution in [3.63, 3.8) is 0 Å². The van der Waals surface area contributed by atoms with Crippen molar-refractivity contribution in [3.8, 4) is 0 Å². The van der Waals surface area contributed by atoms with E-state index in [9.17, 15) is 9.90 Å². The van der Waals surface area contributed by atoms with Crippen LogP contribution in [0.25, 0.3) is 0 Å². The highest BCUT2D eigenvalue weighted by Gasteiger charge is 2.29. The van der Waals surface area contributed by atoms with E-state index in [0.717, 1.165) is 51.9 Å². The normalized spacial score (nSPS) is 32.7. The molecule has 16 heavy (non-hydrogen) atoms. The Hall–Kier alpha value is -0.740. The van der Waals surface area contributed by atoms with E-state index in [4.69, 9.17) is 0 Å². The smallest absolute Gasteiger partial charge is 0.393 e. The van der Waals surface area contributed by atoms with Crippen LogP contribution in [-0.2, 0) is 4.79 Å². The molecule has 0 aromatic rings. The minimum absolute atomic E-state index is 0.0567. The number of hydrogen-bond acceptors (Lipinski definition) is 3.